The third kappa shape index (κ3) is 4.85. The lowest BCUT2D eigenvalue weighted by atomic mass is 10.1. The largest absolute Gasteiger partial charge is 0.385 e. The Labute approximate surface area is 166 Å². The summed E-state index contributed by atoms with van der Waals surface area (Å²) in [7, 11) is 0. The van der Waals surface area contributed by atoms with Crippen molar-refractivity contribution in [2.45, 2.75) is 51.4 Å². The monoisotopic (exact) mass is 445 g/mol. The van der Waals surface area contributed by atoms with E-state index >= 15 is 0 Å². The first kappa shape index (κ1) is 20.9. The van der Waals surface area contributed by atoms with E-state index in [1.807, 2.05) is 6.08 Å². The van der Waals surface area contributed by atoms with Crippen molar-refractivity contribution in [1.29, 1.82) is 0 Å². The first-order valence-electron chi connectivity index (χ1n) is 8.45. The smallest absolute Gasteiger partial charge is 0.226 e. The summed E-state index contributed by atoms with van der Waals surface area (Å²) in [6.45, 7) is 4.85. The molecule has 0 aromatic carbocycles. The summed E-state index contributed by atoms with van der Waals surface area (Å²) in [5.41, 5.74) is 18.1. The van der Waals surface area contributed by atoms with Crippen LogP contribution in [0.3, 0.4) is 0 Å². The lowest BCUT2D eigenvalue weighted by Crippen LogP contribution is -2.42. The quantitative estimate of drug-likeness (QED) is 0.214. The number of imidazole rings is 1. The van der Waals surface area contributed by atoms with Crippen molar-refractivity contribution in [2.24, 2.45) is 28.1 Å². The highest BCUT2D eigenvalue weighted by atomic mass is 79.9. The van der Waals surface area contributed by atoms with Crippen molar-refractivity contribution < 1.29 is 4.79 Å². The summed E-state index contributed by atoms with van der Waals surface area (Å²) in [5.74, 6) is -0.00328. The molecule has 0 saturated heterocycles. The number of halogens is 2. The molecule has 7 N–H and O–H groups in total. The Morgan fingerprint density at radius 1 is 1.50 bits per heavy atom. The van der Waals surface area contributed by atoms with Crippen molar-refractivity contribution in [2.75, 3.05) is 0 Å². The second-order valence-electron chi connectivity index (χ2n) is 6.15. The number of aliphatic imine (C=N–C) groups is 1. The van der Waals surface area contributed by atoms with Crippen LogP contribution in [-0.2, 0) is 24.3 Å². The number of rotatable bonds is 7. The first-order valence-corrected chi connectivity index (χ1v) is 9.68. The third-order valence-corrected chi connectivity index (χ3v) is 5.17. The summed E-state index contributed by atoms with van der Waals surface area (Å²) >= 11 is 9.17. The maximum Gasteiger partial charge on any atom is 0.226 e. The molecular weight excluding hydrogens is 422 g/mol. The van der Waals surface area contributed by atoms with Gasteiger partial charge in [-0.05, 0) is 30.3 Å². The van der Waals surface area contributed by atoms with E-state index in [0.717, 1.165) is 35.4 Å². The van der Waals surface area contributed by atoms with E-state index in [1.54, 1.807) is 6.92 Å². The zero-order chi connectivity index (χ0) is 19.4. The van der Waals surface area contributed by atoms with Gasteiger partial charge in [0.15, 0.2) is 0 Å². The maximum atomic E-state index is 12.4. The fourth-order valence-electron chi connectivity index (χ4n) is 2.74. The topological polar surface area (TPSA) is 137 Å². The molecule has 8 nitrogen and oxygen atoms in total. The van der Waals surface area contributed by atoms with Gasteiger partial charge in [-0.1, -0.05) is 34.5 Å². The highest BCUT2D eigenvalue weighted by Crippen LogP contribution is 2.27. The Kier molecular flexibility index (Phi) is 7.22. The minimum absolute atomic E-state index is 0.00498. The predicted octanol–water partition coefficient (Wildman–Crippen LogP) is 1.00. The predicted molar refractivity (Wildman–Crippen MR) is 108 cm³/mol. The molecule has 0 saturated carbocycles. The van der Waals surface area contributed by atoms with Gasteiger partial charge in [0.2, 0.25) is 5.91 Å². The van der Waals surface area contributed by atoms with Crippen LogP contribution in [0.4, 0.5) is 0 Å². The zero-order valence-corrected chi connectivity index (χ0v) is 17.2. The molecular formula is C16H25BrClN7O. The van der Waals surface area contributed by atoms with Gasteiger partial charge in [-0.15, -0.1) is 0 Å². The number of hydrogen-bond donors (Lipinski definition) is 4. The fraction of sp³-hybridized carbons (Fsp3) is 0.562. The molecule has 1 aromatic heterocycles. The molecule has 3 unspecified atom stereocenters. The van der Waals surface area contributed by atoms with Crippen LogP contribution in [-0.4, -0.2) is 33.0 Å². The molecule has 144 valence electrons. The summed E-state index contributed by atoms with van der Waals surface area (Å²) in [6, 6.07) is 0. The van der Waals surface area contributed by atoms with Crippen LogP contribution in [0.2, 0.25) is 0 Å². The summed E-state index contributed by atoms with van der Waals surface area (Å²) < 4.78 is 3.27. The lowest BCUT2D eigenvalue weighted by molar-refractivity contribution is -0.125. The molecule has 0 aliphatic heterocycles. The van der Waals surface area contributed by atoms with E-state index in [0.29, 0.717) is 6.54 Å². The van der Waals surface area contributed by atoms with Crippen molar-refractivity contribution in [1.82, 2.24) is 14.9 Å². The molecule has 0 radical (unpaired) electrons. The SMILES string of the molecule is CCn1c(CNC(=O)C(C)C(N)N=C(N)C(N)Cl)nc2c1CCC(Br)=C2. The van der Waals surface area contributed by atoms with Crippen LogP contribution in [0.15, 0.2) is 9.47 Å². The number of hydrogen-bond acceptors (Lipinski definition) is 5. The average molecular weight is 447 g/mol. The number of alkyl halides is 1. The van der Waals surface area contributed by atoms with Gasteiger partial charge < -0.3 is 27.1 Å². The zero-order valence-electron chi connectivity index (χ0n) is 14.9. The van der Waals surface area contributed by atoms with Gasteiger partial charge in [-0.25, -0.2) is 4.98 Å². The number of carbonyl (C=O) groups excluding carboxylic acids is 1. The average Bonchev–Trinajstić information content (AvgIpc) is 2.94. The van der Waals surface area contributed by atoms with Crippen LogP contribution < -0.4 is 22.5 Å². The minimum Gasteiger partial charge on any atom is -0.385 e. The normalized spacial score (nSPS) is 17.9. The molecule has 3 atom stereocenters. The van der Waals surface area contributed by atoms with Gasteiger partial charge >= 0.3 is 0 Å². The Morgan fingerprint density at radius 2 is 2.19 bits per heavy atom. The molecule has 1 aliphatic carbocycles. The van der Waals surface area contributed by atoms with E-state index in [1.165, 1.54) is 5.69 Å². The maximum absolute atomic E-state index is 12.4. The highest BCUT2D eigenvalue weighted by Gasteiger charge is 2.23. The van der Waals surface area contributed by atoms with E-state index in [4.69, 9.17) is 28.8 Å². The van der Waals surface area contributed by atoms with Gasteiger partial charge in [0.1, 0.15) is 23.3 Å². The van der Waals surface area contributed by atoms with Crippen LogP contribution in [0.25, 0.3) is 6.08 Å². The second kappa shape index (κ2) is 8.98. The Morgan fingerprint density at radius 3 is 2.81 bits per heavy atom. The van der Waals surface area contributed by atoms with E-state index in [9.17, 15) is 4.79 Å². The number of nitrogens with zero attached hydrogens (tertiary/aromatic N) is 3. The molecule has 26 heavy (non-hydrogen) atoms. The van der Waals surface area contributed by atoms with Gasteiger partial charge in [0, 0.05) is 12.2 Å². The van der Waals surface area contributed by atoms with Crippen molar-refractivity contribution in [3.05, 3.63) is 21.7 Å². The fourth-order valence-corrected chi connectivity index (χ4v) is 3.21. The minimum atomic E-state index is -0.924. The first-order chi connectivity index (χ1) is 12.2. The molecule has 1 amide bonds. The number of fused-ring (bicyclic) bond motifs is 1. The van der Waals surface area contributed by atoms with Gasteiger partial charge in [0.05, 0.1) is 18.2 Å². The second-order valence-corrected chi connectivity index (χ2v) is 7.64. The van der Waals surface area contributed by atoms with Crippen molar-refractivity contribution in [3.63, 3.8) is 0 Å². The van der Waals surface area contributed by atoms with Crippen LogP contribution >= 0.6 is 27.5 Å². The molecule has 2 rings (SSSR count). The number of amides is 1. The molecule has 1 aliphatic rings. The Balaban J connectivity index is 2.05. The number of aromatic nitrogens is 2. The number of allylic oxidation sites excluding steroid dienone is 1. The number of nitrogens with two attached hydrogens (primary N) is 3. The Hall–Kier alpha value is -1.42. The summed E-state index contributed by atoms with van der Waals surface area (Å²) in [4.78, 5) is 21.0. The van der Waals surface area contributed by atoms with Crippen LogP contribution in [0.1, 0.15) is 37.5 Å². The Bertz CT molecular complexity index is 728. The van der Waals surface area contributed by atoms with Crippen LogP contribution in [0.5, 0.6) is 0 Å². The van der Waals surface area contributed by atoms with Gasteiger partial charge in [-0.2, -0.15) is 0 Å². The number of amidine groups is 1. The lowest BCUT2D eigenvalue weighted by Gasteiger charge is -2.17. The summed E-state index contributed by atoms with van der Waals surface area (Å²) in [6.07, 6.45) is 3.09. The summed E-state index contributed by atoms with van der Waals surface area (Å²) in [5, 5.41) is 2.87. The third-order valence-electron chi connectivity index (χ3n) is 4.32. The molecule has 0 spiro atoms. The molecule has 10 heteroatoms. The van der Waals surface area contributed by atoms with Gasteiger partial charge in [-0.3, -0.25) is 9.79 Å². The van der Waals surface area contributed by atoms with Crippen molar-refractivity contribution in [3.8, 4) is 0 Å². The molecule has 1 aromatic rings. The van der Waals surface area contributed by atoms with E-state index in [-0.39, 0.29) is 11.7 Å². The van der Waals surface area contributed by atoms with E-state index < -0.39 is 17.6 Å². The van der Waals surface area contributed by atoms with Crippen LogP contribution in [0, 0.1) is 5.92 Å². The number of nitrogens with one attached hydrogen (secondary N) is 1. The number of carbonyl (C=O) groups is 1. The molecule has 1 heterocycles. The van der Waals surface area contributed by atoms with E-state index in [2.05, 4.69) is 42.7 Å². The van der Waals surface area contributed by atoms with Crippen molar-refractivity contribution >= 4 is 45.3 Å². The molecule has 0 fully saturated rings. The highest BCUT2D eigenvalue weighted by molar-refractivity contribution is 9.11. The standard InChI is InChI=1S/C16H25BrClN7O/c1-3-25-11-5-4-9(17)6-10(11)23-12(25)7-22-16(26)8(2)14(20)24-15(21)13(18)19/h6,8,13-14H,3-5,7,19-20H2,1-2H3,(H2,21,24)(H,22,26). The molecule has 0 bridgehead atoms. The van der Waals surface area contributed by atoms with Gasteiger partial charge in [0.25, 0.3) is 0 Å².